The molecule has 0 aromatic heterocycles. The molecule has 0 bridgehead atoms. The third-order valence-electron chi connectivity index (χ3n) is 4.07. The molecule has 2 atom stereocenters. The Hall–Kier alpha value is -0.770. The zero-order valence-corrected chi connectivity index (χ0v) is 12.8. The third-order valence-corrected chi connectivity index (χ3v) is 5.26. The average molecular weight is 333 g/mol. The molecule has 3 rings (SSSR count). The molecule has 2 amide bonds. The van der Waals surface area contributed by atoms with E-state index in [0.717, 1.165) is 25.7 Å². The SMILES string of the molecule is O=C1C2CCCCC2C(=O)N1c1cc(Cl)c(Cl)c(Cl)c1. The molecule has 1 heterocycles. The second kappa shape index (κ2) is 5.21. The highest BCUT2D eigenvalue weighted by Crippen LogP contribution is 2.42. The van der Waals surface area contributed by atoms with Crippen LogP contribution in [0.3, 0.4) is 0 Å². The number of hydrogen-bond donors (Lipinski definition) is 0. The summed E-state index contributed by atoms with van der Waals surface area (Å²) in [5, 5.41) is 0.711. The maximum atomic E-state index is 12.4. The van der Waals surface area contributed by atoms with E-state index in [9.17, 15) is 9.59 Å². The van der Waals surface area contributed by atoms with Crippen LogP contribution in [0.2, 0.25) is 15.1 Å². The maximum absolute atomic E-state index is 12.4. The standard InChI is InChI=1S/C14H12Cl3NO2/c15-10-5-7(6-11(16)12(10)17)18-13(19)8-3-1-2-4-9(8)14(18)20/h5-6,8-9H,1-4H2. The molecular formula is C14H12Cl3NO2. The van der Waals surface area contributed by atoms with Gasteiger partial charge in [-0.1, -0.05) is 47.6 Å². The summed E-state index contributed by atoms with van der Waals surface area (Å²) >= 11 is 17.9. The Kier molecular flexibility index (Phi) is 3.69. The molecule has 6 heteroatoms. The van der Waals surface area contributed by atoms with Gasteiger partial charge in [0, 0.05) is 0 Å². The van der Waals surface area contributed by atoms with Crippen molar-refractivity contribution in [3.05, 3.63) is 27.2 Å². The van der Waals surface area contributed by atoms with Gasteiger partial charge in [-0.2, -0.15) is 0 Å². The number of nitrogens with zero attached hydrogens (tertiary/aromatic N) is 1. The van der Waals surface area contributed by atoms with Crippen LogP contribution in [-0.4, -0.2) is 11.8 Å². The van der Waals surface area contributed by atoms with Crippen molar-refractivity contribution in [1.82, 2.24) is 0 Å². The molecule has 1 aliphatic carbocycles. The highest BCUT2D eigenvalue weighted by atomic mass is 35.5. The lowest BCUT2D eigenvalue weighted by atomic mass is 9.81. The predicted molar refractivity (Wildman–Crippen MR) is 79.4 cm³/mol. The zero-order chi connectivity index (χ0) is 14.4. The van der Waals surface area contributed by atoms with E-state index in [1.807, 2.05) is 0 Å². The van der Waals surface area contributed by atoms with Gasteiger partial charge < -0.3 is 0 Å². The molecule has 1 aromatic carbocycles. The second-order valence-corrected chi connectivity index (χ2v) is 6.43. The van der Waals surface area contributed by atoms with Gasteiger partial charge in [-0.3, -0.25) is 9.59 Å². The number of hydrogen-bond acceptors (Lipinski definition) is 2. The minimum atomic E-state index is -0.190. The van der Waals surface area contributed by atoms with Crippen LogP contribution in [0.4, 0.5) is 5.69 Å². The Morgan fingerprint density at radius 2 is 1.35 bits per heavy atom. The topological polar surface area (TPSA) is 37.4 Å². The van der Waals surface area contributed by atoms with Crippen molar-refractivity contribution < 1.29 is 9.59 Å². The normalized spacial score (nSPS) is 26.1. The molecular weight excluding hydrogens is 321 g/mol. The van der Waals surface area contributed by atoms with Crippen molar-refractivity contribution in [3.8, 4) is 0 Å². The maximum Gasteiger partial charge on any atom is 0.237 e. The monoisotopic (exact) mass is 331 g/mol. The summed E-state index contributed by atoms with van der Waals surface area (Å²) in [7, 11) is 0. The minimum absolute atomic E-state index is 0.144. The van der Waals surface area contributed by atoms with Crippen LogP contribution in [0.15, 0.2) is 12.1 Å². The molecule has 1 aliphatic heterocycles. The largest absolute Gasteiger partial charge is 0.274 e. The number of carbonyl (C=O) groups is 2. The molecule has 2 fully saturated rings. The molecule has 1 aromatic rings. The van der Waals surface area contributed by atoms with Gasteiger partial charge in [0.15, 0.2) is 0 Å². The van der Waals surface area contributed by atoms with Gasteiger partial charge in [-0.05, 0) is 25.0 Å². The highest BCUT2D eigenvalue weighted by molar-refractivity contribution is 6.48. The fraction of sp³-hybridized carbons (Fsp3) is 0.429. The van der Waals surface area contributed by atoms with Crippen molar-refractivity contribution in [3.63, 3.8) is 0 Å². The van der Waals surface area contributed by atoms with Gasteiger partial charge in [-0.15, -0.1) is 0 Å². The van der Waals surface area contributed by atoms with Gasteiger partial charge in [0.2, 0.25) is 11.8 Å². The number of amides is 2. The first-order valence-electron chi connectivity index (χ1n) is 6.53. The molecule has 106 valence electrons. The van der Waals surface area contributed by atoms with Crippen LogP contribution in [0, 0.1) is 11.8 Å². The zero-order valence-electron chi connectivity index (χ0n) is 10.5. The predicted octanol–water partition coefficient (Wildman–Crippen LogP) is 4.33. The molecule has 0 radical (unpaired) electrons. The van der Waals surface area contributed by atoms with Crippen LogP contribution in [-0.2, 0) is 9.59 Å². The lowest BCUT2D eigenvalue weighted by Gasteiger charge is -2.19. The molecule has 1 saturated heterocycles. The average Bonchev–Trinajstić information content (AvgIpc) is 2.68. The third kappa shape index (κ3) is 2.12. The molecule has 1 saturated carbocycles. The number of benzene rings is 1. The van der Waals surface area contributed by atoms with Gasteiger partial charge in [-0.25, -0.2) is 4.90 Å². The first kappa shape index (κ1) is 14.2. The van der Waals surface area contributed by atoms with Crippen molar-refractivity contribution in [2.75, 3.05) is 4.90 Å². The van der Waals surface area contributed by atoms with E-state index < -0.39 is 0 Å². The van der Waals surface area contributed by atoms with Crippen LogP contribution >= 0.6 is 34.8 Å². The molecule has 0 spiro atoms. The summed E-state index contributed by atoms with van der Waals surface area (Å²) in [4.78, 5) is 26.1. The Bertz CT molecular complexity index is 555. The van der Waals surface area contributed by atoms with E-state index in [1.165, 1.54) is 17.0 Å². The van der Waals surface area contributed by atoms with Gasteiger partial charge >= 0.3 is 0 Å². The Balaban J connectivity index is 2.02. The number of carbonyl (C=O) groups excluding carboxylic acids is 2. The fourth-order valence-electron chi connectivity index (χ4n) is 3.09. The van der Waals surface area contributed by atoms with Crippen LogP contribution < -0.4 is 4.90 Å². The van der Waals surface area contributed by atoms with Crippen LogP contribution in [0.5, 0.6) is 0 Å². The molecule has 0 N–H and O–H groups in total. The molecule has 2 aliphatic rings. The molecule has 20 heavy (non-hydrogen) atoms. The summed E-state index contributed by atoms with van der Waals surface area (Å²) in [5.74, 6) is -0.669. The summed E-state index contributed by atoms with van der Waals surface area (Å²) in [5.41, 5.74) is 0.411. The lowest BCUT2D eigenvalue weighted by Crippen LogP contribution is -2.30. The van der Waals surface area contributed by atoms with Gasteiger partial charge in [0.05, 0.1) is 32.6 Å². The van der Waals surface area contributed by atoms with Crippen LogP contribution in [0.1, 0.15) is 25.7 Å². The van der Waals surface area contributed by atoms with Crippen molar-refractivity contribution in [2.45, 2.75) is 25.7 Å². The Labute approximate surface area is 131 Å². The van der Waals surface area contributed by atoms with E-state index in [2.05, 4.69) is 0 Å². The first-order chi connectivity index (χ1) is 9.50. The summed E-state index contributed by atoms with van der Waals surface area (Å²) < 4.78 is 0. The first-order valence-corrected chi connectivity index (χ1v) is 7.66. The molecule has 2 unspecified atom stereocenters. The van der Waals surface area contributed by atoms with E-state index in [1.54, 1.807) is 0 Å². The van der Waals surface area contributed by atoms with E-state index in [4.69, 9.17) is 34.8 Å². The fourth-order valence-corrected chi connectivity index (χ4v) is 3.67. The number of fused-ring (bicyclic) bond motifs is 1. The van der Waals surface area contributed by atoms with Crippen molar-refractivity contribution in [2.24, 2.45) is 11.8 Å². The number of rotatable bonds is 1. The van der Waals surface area contributed by atoms with Crippen LogP contribution in [0.25, 0.3) is 0 Å². The summed E-state index contributed by atoms with van der Waals surface area (Å²) in [6.07, 6.45) is 3.55. The molecule has 3 nitrogen and oxygen atoms in total. The number of anilines is 1. The Morgan fingerprint density at radius 3 is 1.80 bits per heavy atom. The van der Waals surface area contributed by atoms with E-state index in [0.29, 0.717) is 5.69 Å². The number of imide groups is 1. The minimum Gasteiger partial charge on any atom is -0.274 e. The van der Waals surface area contributed by atoms with Gasteiger partial charge in [0.25, 0.3) is 0 Å². The van der Waals surface area contributed by atoms with Gasteiger partial charge in [0.1, 0.15) is 0 Å². The summed E-state index contributed by atoms with van der Waals surface area (Å²) in [6.45, 7) is 0. The number of halogens is 3. The van der Waals surface area contributed by atoms with Crippen molar-refractivity contribution in [1.29, 1.82) is 0 Å². The van der Waals surface area contributed by atoms with Crippen molar-refractivity contribution >= 4 is 52.3 Å². The quantitative estimate of drug-likeness (QED) is 0.567. The van der Waals surface area contributed by atoms with E-state index >= 15 is 0 Å². The van der Waals surface area contributed by atoms with E-state index in [-0.39, 0.29) is 38.7 Å². The summed E-state index contributed by atoms with van der Waals surface area (Å²) in [6, 6.07) is 3.03. The smallest absolute Gasteiger partial charge is 0.237 e. The highest BCUT2D eigenvalue weighted by Gasteiger charge is 2.48. The second-order valence-electron chi connectivity index (χ2n) is 5.23. The lowest BCUT2D eigenvalue weighted by molar-refractivity contribution is -0.122. The Morgan fingerprint density at radius 1 is 0.900 bits per heavy atom.